The summed E-state index contributed by atoms with van der Waals surface area (Å²) in [6.07, 6.45) is 0. The van der Waals surface area contributed by atoms with Gasteiger partial charge in [0.2, 0.25) is 0 Å². The number of hydrogen-bond acceptors (Lipinski definition) is 2. The van der Waals surface area contributed by atoms with Crippen molar-refractivity contribution in [2.45, 2.75) is 13.0 Å². The van der Waals surface area contributed by atoms with E-state index in [0.717, 1.165) is 12.1 Å². The van der Waals surface area contributed by atoms with Crippen molar-refractivity contribution < 1.29 is 8.78 Å². The molecule has 2 rings (SSSR count). The zero-order valence-electron chi connectivity index (χ0n) is 9.08. The third kappa shape index (κ3) is 2.06. The molecule has 0 spiro atoms. The number of halogens is 2. The van der Waals surface area contributed by atoms with E-state index in [2.05, 4.69) is 5.10 Å². The van der Waals surface area contributed by atoms with Crippen LogP contribution in [0, 0.1) is 11.6 Å². The first kappa shape index (κ1) is 11.4. The molecule has 4 nitrogen and oxygen atoms in total. The summed E-state index contributed by atoms with van der Waals surface area (Å²) in [5.74, 6) is -1.63. The second kappa shape index (κ2) is 4.04. The number of nitrogens with two attached hydrogens (primary N) is 1. The Kier molecular flexibility index (Phi) is 2.71. The molecule has 1 heterocycles. The van der Waals surface area contributed by atoms with Gasteiger partial charge in [-0.05, 0) is 24.6 Å². The number of nitrogen functional groups attached to an aromatic ring is 1. The molecule has 17 heavy (non-hydrogen) atoms. The zero-order valence-corrected chi connectivity index (χ0v) is 9.08. The molecule has 0 amide bonds. The van der Waals surface area contributed by atoms with Crippen molar-refractivity contribution in [2.24, 2.45) is 0 Å². The van der Waals surface area contributed by atoms with Crippen LogP contribution in [0.5, 0.6) is 0 Å². The van der Waals surface area contributed by atoms with E-state index in [9.17, 15) is 13.6 Å². The second-order valence-corrected chi connectivity index (χ2v) is 3.77. The van der Waals surface area contributed by atoms with Crippen molar-refractivity contribution in [2.75, 3.05) is 5.73 Å². The van der Waals surface area contributed by atoms with Crippen LogP contribution in [0.2, 0.25) is 0 Å². The monoisotopic (exact) mass is 239 g/mol. The van der Waals surface area contributed by atoms with E-state index in [4.69, 9.17) is 5.73 Å². The Bertz CT molecular complexity index is 603. The number of aromatic amines is 1. The molecule has 0 fully saturated rings. The maximum absolute atomic E-state index is 13.1. The average molecular weight is 239 g/mol. The highest BCUT2D eigenvalue weighted by Gasteiger charge is 2.13. The fourth-order valence-electron chi connectivity index (χ4n) is 1.64. The maximum Gasteiger partial charge on any atom is 0.269 e. The van der Waals surface area contributed by atoms with Crippen molar-refractivity contribution >= 4 is 5.82 Å². The highest BCUT2D eigenvalue weighted by molar-refractivity contribution is 5.26. The molecule has 0 radical (unpaired) electrons. The van der Waals surface area contributed by atoms with Crippen LogP contribution >= 0.6 is 0 Å². The fourth-order valence-corrected chi connectivity index (χ4v) is 1.64. The summed E-state index contributed by atoms with van der Waals surface area (Å²) in [6.45, 7) is 1.68. The molecular weight excluding hydrogens is 228 g/mol. The first-order valence-electron chi connectivity index (χ1n) is 5.01. The summed E-state index contributed by atoms with van der Waals surface area (Å²) in [5.41, 5.74) is 5.60. The van der Waals surface area contributed by atoms with Gasteiger partial charge in [-0.3, -0.25) is 9.89 Å². The highest BCUT2D eigenvalue weighted by Crippen LogP contribution is 2.18. The number of rotatable bonds is 2. The normalized spacial score (nSPS) is 12.6. The smallest absolute Gasteiger partial charge is 0.269 e. The largest absolute Gasteiger partial charge is 0.384 e. The van der Waals surface area contributed by atoms with Gasteiger partial charge in [-0.2, -0.15) is 0 Å². The molecule has 0 aliphatic heterocycles. The molecular formula is C11H11F2N3O. The molecule has 1 aromatic heterocycles. The Hall–Kier alpha value is -2.11. The lowest BCUT2D eigenvalue weighted by Gasteiger charge is -2.12. The summed E-state index contributed by atoms with van der Waals surface area (Å²) >= 11 is 0. The van der Waals surface area contributed by atoms with E-state index in [1.54, 1.807) is 6.92 Å². The van der Waals surface area contributed by atoms with E-state index in [0.29, 0.717) is 5.56 Å². The van der Waals surface area contributed by atoms with Gasteiger partial charge in [-0.1, -0.05) is 6.07 Å². The number of nitrogens with one attached hydrogen (secondary N) is 1. The molecule has 0 aliphatic rings. The van der Waals surface area contributed by atoms with Crippen LogP contribution in [-0.2, 0) is 0 Å². The van der Waals surface area contributed by atoms with Crippen LogP contribution in [0.1, 0.15) is 18.5 Å². The van der Waals surface area contributed by atoms with E-state index in [-0.39, 0.29) is 11.4 Å². The second-order valence-electron chi connectivity index (χ2n) is 3.77. The quantitative estimate of drug-likeness (QED) is 0.836. The van der Waals surface area contributed by atoms with Crippen LogP contribution < -0.4 is 11.3 Å². The molecule has 1 unspecified atom stereocenters. The molecule has 2 aromatic rings. The van der Waals surface area contributed by atoms with Gasteiger partial charge in [-0.25, -0.2) is 13.5 Å². The first-order valence-corrected chi connectivity index (χ1v) is 5.01. The lowest BCUT2D eigenvalue weighted by Crippen LogP contribution is -2.21. The fraction of sp³-hybridized carbons (Fsp3) is 0.182. The zero-order chi connectivity index (χ0) is 12.6. The maximum atomic E-state index is 13.1. The predicted octanol–water partition coefficient (Wildman–Crippen LogP) is 1.65. The Balaban J connectivity index is 2.43. The summed E-state index contributed by atoms with van der Waals surface area (Å²) in [7, 11) is 0. The van der Waals surface area contributed by atoms with Gasteiger partial charge in [-0.15, -0.1) is 0 Å². The molecule has 0 aliphatic carbocycles. The number of nitrogens with zero attached hydrogens (tertiary/aromatic N) is 1. The molecule has 0 saturated carbocycles. The van der Waals surface area contributed by atoms with E-state index in [1.165, 1.54) is 16.8 Å². The minimum absolute atomic E-state index is 0.226. The summed E-state index contributed by atoms with van der Waals surface area (Å²) in [6, 6.07) is 4.29. The van der Waals surface area contributed by atoms with Gasteiger partial charge < -0.3 is 5.73 Å². The summed E-state index contributed by atoms with van der Waals surface area (Å²) in [4.78, 5) is 11.5. The van der Waals surface area contributed by atoms with E-state index >= 15 is 0 Å². The van der Waals surface area contributed by atoms with Gasteiger partial charge in [0.15, 0.2) is 11.6 Å². The summed E-state index contributed by atoms with van der Waals surface area (Å²) < 4.78 is 27.1. The molecule has 90 valence electrons. The molecule has 3 N–H and O–H groups in total. The van der Waals surface area contributed by atoms with E-state index in [1.807, 2.05) is 0 Å². The molecule has 6 heteroatoms. The van der Waals surface area contributed by atoms with Crippen molar-refractivity contribution in [1.29, 1.82) is 0 Å². The Labute approximate surface area is 95.7 Å². The topological polar surface area (TPSA) is 63.8 Å². The number of aromatic nitrogens is 2. The van der Waals surface area contributed by atoms with Crippen molar-refractivity contribution in [3.63, 3.8) is 0 Å². The SMILES string of the molecule is CC(c1ccc(F)c(F)c1)n1[nH]c(N)cc1=O. The number of H-pyrrole nitrogens is 1. The molecule has 1 aromatic carbocycles. The summed E-state index contributed by atoms with van der Waals surface area (Å²) in [5, 5.41) is 2.64. The lowest BCUT2D eigenvalue weighted by molar-refractivity contribution is 0.497. The van der Waals surface area contributed by atoms with Gasteiger partial charge in [0.25, 0.3) is 5.56 Å². The van der Waals surface area contributed by atoms with Crippen LogP contribution in [-0.4, -0.2) is 9.78 Å². The van der Waals surface area contributed by atoms with Crippen molar-refractivity contribution in [3.8, 4) is 0 Å². The van der Waals surface area contributed by atoms with Crippen LogP contribution in [0.3, 0.4) is 0 Å². The van der Waals surface area contributed by atoms with Crippen molar-refractivity contribution in [3.05, 3.63) is 51.8 Å². The molecule has 1 atom stereocenters. The van der Waals surface area contributed by atoms with Crippen molar-refractivity contribution in [1.82, 2.24) is 9.78 Å². The lowest BCUT2D eigenvalue weighted by atomic mass is 10.1. The standard InChI is InChI=1S/C11H11F2N3O/c1-6(16-11(17)5-10(14)15-16)7-2-3-8(12)9(13)4-7/h2-6,15H,14H2,1H3. The average Bonchev–Trinajstić information content (AvgIpc) is 2.61. The Morgan fingerprint density at radius 3 is 2.53 bits per heavy atom. The predicted molar refractivity (Wildman–Crippen MR) is 59.6 cm³/mol. The minimum Gasteiger partial charge on any atom is -0.384 e. The number of hydrogen-bond donors (Lipinski definition) is 2. The van der Waals surface area contributed by atoms with Crippen LogP contribution in [0.25, 0.3) is 0 Å². The third-order valence-electron chi connectivity index (χ3n) is 2.58. The molecule has 0 saturated heterocycles. The van der Waals surface area contributed by atoms with Gasteiger partial charge >= 0.3 is 0 Å². The van der Waals surface area contributed by atoms with Crippen LogP contribution in [0.15, 0.2) is 29.1 Å². The van der Waals surface area contributed by atoms with E-state index < -0.39 is 17.7 Å². The third-order valence-corrected chi connectivity index (χ3v) is 2.58. The highest BCUT2D eigenvalue weighted by atomic mass is 19.2. The first-order chi connectivity index (χ1) is 7.99. The van der Waals surface area contributed by atoms with Gasteiger partial charge in [0.1, 0.15) is 5.82 Å². The minimum atomic E-state index is -0.943. The number of benzene rings is 1. The Morgan fingerprint density at radius 2 is 2.00 bits per heavy atom. The Morgan fingerprint density at radius 1 is 1.29 bits per heavy atom. The van der Waals surface area contributed by atoms with Gasteiger partial charge in [0, 0.05) is 6.07 Å². The molecule has 0 bridgehead atoms. The van der Waals surface area contributed by atoms with Crippen LogP contribution in [0.4, 0.5) is 14.6 Å². The number of anilines is 1. The van der Waals surface area contributed by atoms with Gasteiger partial charge in [0.05, 0.1) is 6.04 Å².